The van der Waals surface area contributed by atoms with Crippen LogP contribution in [0, 0.1) is 12.8 Å². The highest BCUT2D eigenvalue weighted by Gasteiger charge is 2.43. The van der Waals surface area contributed by atoms with Gasteiger partial charge in [-0.1, -0.05) is 55.8 Å². The first-order valence-electron chi connectivity index (χ1n) is 11.1. The number of nitrogens with zero attached hydrogens (tertiary/aromatic N) is 2. The molecule has 1 aliphatic rings. The van der Waals surface area contributed by atoms with Crippen LogP contribution in [0.4, 0.5) is 0 Å². The maximum atomic E-state index is 13.2. The number of carbonyl (C=O) groups is 1. The number of ether oxygens (including phenoxy) is 1. The first-order chi connectivity index (χ1) is 14.9. The molecular formula is C26H31N3O2. The van der Waals surface area contributed by atoms with Gasteiger partial charge in [0.1, 0.15) is 11.4 Å². The minimum absolute atomic E-state index is 0.00174. The van der Waals surface area contributed by atoms with E-state index >= 15 is 0 Å². The Bertz CT molecular complexity index is 1050. The van der Waals surface area contributed by atoms with Crippen LogP contribution in [0.2, 0.25) is 0 Å². The second kappa shape index (κ2) is 8.58. The lowest BCUT2D eigenvalue weighted by Crippen LogP contribution is -2.35. The lowest BCUT2D eigenvalue weighted by Gasteiger charge is -2.30. The average molecular weight is 418 g/mol. The number of aryl methyl sites for hydroxylation is 1. The summed E-state index contributed by atoms with van der Waals surface area (Å²) in [7, 11) is 0. The molecule has 2 aromatic carbocycles. The summed E-state index contributed by atoms with van der Waals surface area (Å²) in [4.78, 5) is 15.2. The number of benzene rings is 2. The Labute approximate surface area is 184 Å². The van der Waals surface area contributed by atoms with E-state index in [-0.39, 0.29) is 18.0 Å². The van der Waals surface area contributed by atoms with Gasteiger partial charge in [0.2, 0.25) is 0 Å². The zero-order valence-electron chi connectivity index (χ0n) is 19.0. The molecule has 2 heterocycles. The molecule has 0 saturated carbocycles. The lowest BCUT2D eigenvalue weighted by atomic mass is 9.95. The predicted octanol–water partition coefficient (Wildman–Crippen LogP) is 5.76. The minimum Gasteiger partial charge on any atom is -0.494 e. The van der Waals surface area contributed by atoms with Crippen LogP contribution in [0.5, 0.6) is 5.75 Å². The zero-order valence-corrected chi connectivity index (χ0v) is 19.0. The van der Waals surface area contributed by atoms with Crippen molar-refractivity contribution in [1.82, 2.24) is 15.1 Å². The molecule has 31 heavy (non-hydrogen) atoms. The van der Waals surface area contributed by atoms with Crippen molar-refractivity contribution in [2.45, 2.75) is 53.1 Å². The molecule has 1 aromatic heterocycles. The molecule has 3 aromatic rings. The second-order valence-electron chi connectivity index (χ2n) is 9.04. The van der Waals surface area contributed by atoms with Crippen LogP contribution in [0.3, 0.4) is 0 Å². The molecule has 162 valence electrons. The number of aromatic amines is 1. The Balaban J connectivity index is 1.71. The average Bonchev–Trinajstić information content (AvgIpc) is 3.28. The van der Waals surface area contributed by atoms with Crippen molar-refractivity contribution >= 4 is 5.91 Å². The molecule has 5 nitrogen and oxygen atoms in total. The Kier molecular flexibility index (Phi) is 5.86. The molecule has 0 aliphatic carbocycles. The van der Waals surface area contributed by atoms with Gasteiger partial charge in [0, 0.05) is 17.2 Å². The maximum absolute atomic E-state index is 13.2. The van der Waals surface area contributed by atoms with E-state index in [0.717, 1.165) is 34.6 Å². The smallest absolute Gasteiger partial charge is 0.273 e. The van der Waals surface area contributed by atoms with E-state index in [1.54, 1.807) is 0 Å². The van der Waals surface area contributed by atoms with Gasteiger partial charge in [-0.15, -0.1) is 0 Å². The minimum atomic E-state index is -0.178. The number of nitrogens with one attached hydrogen (secondary N) is 1. The largest absolute Gasteiger partial charge is 0.494 e. The fourth-order valence-corrected chi connectivity index (χ4v) is 4.12. The number of hydrogen-bond acceptors (Lipinski definition) is 3. The van der Waals surface area contributed by atoms with Crippen LogP contribution in [0.25, 0.3) is 11.3 Å². The molecule has 1 unspecified atom stereocenters. The number of rotatable bonds is 7. The molecule has 0 bridgehead atoms. The summed E-state index contributed by atoms with van der Waals surface area (Å²) in [6.07, 6.45) is 1.03. The van der Waals surface area contributed by atoms with E-state index in [0.29, 0.717) is 18.2 Å². The van der Waals surface area contributed by atoms with E-state index in [9.17, 15) is 4.79 Å². The molecular weight excluding hydrogens is 386 g/mol. The number of fused-ring (bicyclic) bond motifs is 1. The summed E-state index contributed by atoms with van der Waals surface area (Å²) in [6.45, 7) is 11.3. The van der Waals surface area contributed by atoms with Gasteiger partial charge in [0.25, 0.3) is 5.91 Å². The predicted molar refractivity (Wildman–Crippen MR) is 123 cm³/mol. The monoisotopic (exact) mass is 417 g/mol. The number of H-pyrrole nitrogens is 1. The van der Waals surface area contributed by atoms with Crippen LogP contribution in [-0.2, 0) is 0 Å². The summed E-state index contributed by atoms with van der Waals surface area (Å²) in [5.41, 5.74) is 5.66. The highest BCUT2D eigenvalue weighted by atomic mass is 16.5. The van der Waals surface area contributed by atoms with Crippen molar-refractivity contribution in [2.24, 2.45) is 5.92 Å². The first-order valence-corrected chi connectivity index (χ1v) is 11.1. The molecule has 5 heteroatoms. The molecule has 1 amide bonds. The van der Waals surface area contributed by atoms with E-state index in [2.05, 4.69) is 81.2 Å². The lowest BCUT2D eigenvalue weighted by molar-refractivity contribution is 0.0688. The van der Waals surface area contributed by atoms with Gasteiger partial charge >= 0.3 is 0 Å². The Morgan fingerprint density at radius 2 is 1.71 bits per heavy atom. The van der Waals surface area contributed by atoms with Gasteiger partial charge in [-0.05, 0) is 50.8 Å². The van der Waals surface area contributed by atoms with Crippen LogP contribution in [0.1, 0.15) is 67.3 Å². The molecule has 1 aliphatic heterocycles. The van der Waals surface area contributed by atoms with Crippen LogP contribution >= 0.6 is 0 Å². The van der Waals surface area contributed by atoms with Gasteiger partial charge < -0.3 is 9.64 Å². The second-order valence-corrected chi connectivity index (χ2v) is 9.04. The number of amides is 1. The van der Waals surface area contributed by atoms with Crippen molar-refractivity contribution in [1.29, 1.82) is 0 Å². The van der Waals surface area contributed by atoms with Crippen molar-refractivity contribution in [3.05, 3.63) is 70.9 Å². The molecule has 4 rings (SSSR count). The van der Waals surface area contributed by atoms with Crippen molar-refractivity contribution in [2.75, 3.05) is 6.61 Å². The molecule has 0 radical (unpaired) electrons. The fourth-order valence-electron chi connectivity index (χ4n) is 4.12. The first kappa shape index (κ1) is 21.2. The van der Waals surface area contributed by atoms with Crippen LogP contribution in [0.15, 0.2) is 48.5 Å². The van der Waals surface area contributed by atoms with Crippen LogP contribution in [-0.4, -0.2) is 33.7 Å². The van der Waals surface area contributed by atoms with E-state index in [1.807, 2.05) is 17.0 Å². The normalized spacial score (nSPS) is 15.8. The van der Waals surface area contributed by atoms with Gasteiger partial charge in [0.15, 0.2) is 0 Å². The third-order valence-electron chi connectivity index (χ3n) is 5.85. The molecule has 0 fully saturated rings. The highest BCUT2D eigenvalue weighted by molar-refractivity contribution is 6.00. The quantitative estimate of drug-likeness (QED) is 0.531. The standard InChI is InChI=1S/C26H31N3O2/c1-16(2)14-15-31-21-12-10-20(11-13-21)25-22-23(19-8-6-18(5)7-9-19)27-28-24(22)26(30)29(25)17(3)4/h6-13,16-17,25H,14-15H2,1-5H3,(H,27,28). The van der Waals surface area contributed by atoms with Crippen molar-refractivity contribution in [3.63, 3.8) is 0 Å². The topological polar surface area (TPSA) is 58.2 Å². The van der Waals surface area contributed by atoms with Crippen molar-refractivity contribution < 1.29 is 9.53 Å². The van der Waals surface area contributed by atoms with Gasteiger partial charge in [-0.3, -0.25) is 9.89 Å². The Hall–Kier alpha value is -3.08. The summed E-state index contributed by atoms with van der Waals surface area (Å²) in [6, 6.07) is 16.3. The van der Waals surface area contributed by atoms with Crippen molar-refractivity contribution in [3.8, 4) is 17.0 Å². The molecule has 0 spiro atoms. The van der Waals surface area contributed by atoms with Gasteiger partial charge in [0.05, 0.1) is 18.3 Å². The summed E-state index contributed by atoms with van der Waals surface area (Å²) >= 11 is 0. The number of hydrogen-bond donors (Lipinski definition) is 1. The van der Waals surface area contributed by atoms with E-state index < -0.39 is 0 Å². The number of carbonyl (C=O) groups excluding carboxylic acids is 1. The van der Waals surface area contributed by atoms with Crippen LogP contribution < -0.4 is 4.74 Å². The van der Waals surface area contributed by atoms with Gasteiger partial charge in [-0.25, -0.2) is 0 Å². The fraction of sp³-hybridized carbons (Fsp3) is 0.385. The van der Waals surface area contributed by atoms with E-state index in [4.69, 9.17) is 4.74 Å². The molecule has 1 N–H and O–H groups in total. The third-order valence-corrected chi connectivity index (χ3v) is 5.85. The Morgan fingerprint density at radius 3 is 2.32 bits per heavy atom. The summed E-state index contributed by atoms with van der Waals surface area (Å²) in [5, 5.41) is 7.55. The highest BCUT2D eigenvalue weighted by Crippen LogP contribution is 2.44. The molecule has 1 atom stereocenters. The SMILES string of the molecule is Cc1ccc(-c2n[nH]c3c2C(c2ccc(OCCC(C)C)cc2)N(C(C)C)C3=O)cc1. The zero-order chi connectivity index (χ0) is 22.1. The maximum Gasteiger partial charge on any atom is 0.273 e. The number of aromatic nitrogens is 2. The molecule has 0 saturated heterocycles. The summed E-state index contributed by atoms with van der Waals surface area (Å²) in [5.74, 6) is 1.47. The Morgan fingerprint density at radius 1 is 1.03 bits per heavy atom. The third kappa shape index (κ3) is 4.09. The van der Waals surface area contributed by atoms with Gasteiger partial charge in [-0.2, -0.15) is 5.10 Å². The van der Waals surface area contributed by atoms with E-state index in [1.165, 1.54) is 5.56 Å². The summed E-state index contributed by atoms with van der Waals surface area (Å²) < 4.78 is 5.89.